The van der Waals surface area contributed by atoms with Gasteiger partial charge in [0.05, 0.1) is 11.1 Å². The Labute approximate surface area is 107 Å². The van der Waals surface area contributed by atoms with Gasteiger partial charge in [0.25, 0.3) is 5.91 Å². The van der Waals surface area contributed by atoms with Gasteiger partial charge in [-0.3, -0.25) is 4.79 Å². The number of halogens is 2. The zero-order valence-corrected chi connectivity index (χ0v) is 10.8. The number of carbonyl (C=O) groups excluding carboxylic acids is 1. The average Bonchev–Trinajstić information content (AvgIpc) is 2.27. The van der Waals surface area contributed by atoms with Crippen molar-refractivity contribution in [2.24, 2.45) is 0 Å². The van der Waals surface area contributed by atoms with Crippen LogP contribution in [0.3, 0.4) is 0 Å². The second-order valence-electron chi connectivity index (χ2n) is 3.51. The molecule has 1 aromatic carbocycles. The first kappa shape index (κ1) is 13.9. The summed E-state index contributed by atoms with van der Waals surface area (Å²) in [5.41, 5.74) is 0. The highest BCUT2D eigenvalue weighted by Gasteiger charge is 2.08. The molecule has 0 aliphatic rings. The number of hydrogen-bond donors (Lipinski definition) is 2. The van der Waals surface area contributed by atoms with Crippen molar-refractivity contribution in [3.05, 3.63) is 28.5 Å². The highest BCUT2D eigenvalue weighted by atomic mass is 79.9. The van der Waals surface area contributed by atoms with Crippen LogP contribution >= 0.6 is 15.9 Å². The number of ether oxygens (including phenoxy) is 1. The molecule has 1 amide bonds. The van der Waals surface area contributed by atoms with E-state index in [0.29, 0.717) is 10.2 Å². The summed E-state index contributed by atoms with van der Waals surface area (Å²) in [5, 5.41) is 11.3. The van der Waals surface area contributed by atoms with Gasteiger partial charge < -0.3 is 15.2 Å². The molecule has 1 rings (SSSR count). The first-order valence-corrected chi connectivity index (χ1v) is 5.80. The zero-order chi connectivity index (χ0) is 12.8. The topological polar surface area (TPSA) is 58.6 Å². The Bertz CT molecular complexity index is 400. The molecule has 0 aliphatic carbocycles. The third kappa shape index (κ3) is 4.70. The second kappa shape index (κ2) is 6.56. The molecule has 0 saturated heterocycles. The molecular formula is C11H13BrFNO3. The third-order valence-electron chi connectivity index (χ3n) is 1.93. The van der Waals surface area contributed by atoms with Gasteiger partial charge >= 0.3 is 0 Å². The molecule has 17 heavy (non-hydrogen) atoms. The van der Waals surface area contributed by atoms with Gasteiger partial charge in [0.2, 0.25) is 0 Å². The Morgan fingerprint density at radius 3 is 2.94 bits per heavy atom. The molecule has 0 bridgehead atoms. The lowest BCUT2D eigenvalue weighted by molar-refractivity contribution is -0.124. The van der Waals surface area contributed by atoms with Gasteiger partial charge in [-0.25, -0.2) is 4.39 Å². The maximum Gasteiger partial charge on any atom is 0.258 e. The van der Waals surface area contributed by atoms with E-state index in [9.17, 15) is 9.18 Å². The summed E-state index contributed by atoms with van der Waals surface area (Å²) in [6, 6.07) is 3.61. The molecule has 0 fully saturated rings. The van der Waals surface area contributed by atoms with E-state index in [1.54, 1.807) is 6.92 Å². The Morgan fingerprint density at radius 2 is 2.35 bits per heavy atom. The first-order valence-electron chi connectivity index (χ1n) is 5.01. The van der Waals surface area contributed by atoms with Gasteiger partial charge in [-0.2, -0.15) is 0 Å². The summed E-state index contributed by atoms with van der Waals surface area (Å²) < 4.78 is 18.4. The van der Waals surface area contributed by atoms with Gasteiger partial charge in [-0.1, -0.05) is 0 Å². The number of amides is 1. The van der Waals surface area contributed by atoms with E-state index in [0.717, 1.165) is 0 Å². The Balaban J connectivity index is 2.47. The van der Waals surface area contributed by atoms with Crippen molar-refractivity contribution in [3.63, 3.8) is 0 Å². The molecule has 0 aliphatic heterocycles. The lowest BCUT2D eigenvalue weighted by atomic mass is 10.3. The third-order valence-corrected chi connectivity index (χ3v) is 2.55. The predicted octanol–water partition coefficient (Wildman–Crippen LogP) is 1.46. The molecule has 0 saturated carbocycles. The van der Waals surface area contributed by atoms with Crippen molar-refractivity contribution in [2.45, 2.75) is 13.0 Å². The molecule has 6 heteroatoms. The summed E-state index contributed by atoms with van der Waals surface area (Å²) in [6.45, 7) is 1.35. The quantitative estimate of drug-likeness (QED) is 0.866. The number of hydrogen-bond acceptors (Lipinski definition) is 3. The number of rotatable bonds is 5. The number of aliphatic hydroxyl groups is 1. The van der Waals surface area contributed by atoms with Crippen LogP contribution in [0, 0.1) is 5.82 Å². The number of carbonyl (C=O) groups is 1. The fourth-order valence-electron chi connectivity index (χ4n) is 1.10. The fourth-order valence-corrected chi connectivity index (χ4v) is 1.56. The van der Waals surface area contributed by atoms with Crippen LogP contribution in [-0.4, -0.2) is 30.3 Å². The molecule has 4 nitrogen and oxygen atoms in total. The second-order valence-corrected chi connectivity index (χ2v) is 4.37. The molecule has 94 valence electrons. The minimum atomic E-state index is -0.387. The van der Waals surface area contributed by atoms with E-state index in [4.69, 9.17) is 9.84 Å². The van der Waals surface area contributed by atoms with Gasteiger partial charge in [0.1, 0.15) is 11.6 Å². The lowest BCUT2D eigenvalue weighted by Gasteiger charge is -2.12. The fraction of sp³-hybridized carbons (Fsp3) is 0.364. The largest absolute Gasteiger partial charge is 0.483 e. The van der Waals surface area contributed by atoms with Gasteiger partial charge in [0, 0.05) is 6.04 Å². The first-order chi connectivity index (χ1) is 8.02. The van der Waals surface area contributed by atoms with Gasteiger partial charge in [-0.05, 0) is 41.1 Å². The van der Waals surface area contributed by atoms with Crippen molar-refractivity contribution in [2.75, 3.05) is 13.2 Å². The normalized spacial score (nSPS) is 12.0. The van der Waals surface area contributed by atoms with Crippen LogP contribution in [-0.2, 0) is 4.79 Å². The predicted molar refractivity (Wildman–Crippen MR) is 64.3 cm³/mol. The van der Waals surface area contributed by atoms with E-state index in [2.05, 4.69) is 21.2 Å². The SMILES string of the molecule is CC(CO)NC(=O)COc1ccc(F)cc1Br. The summed E-state index contributed by atoms with van der Waals surface area (Å²) in [7, 11) is 0. The van der Waals surface area contributed by atoms with Crippen LogP contribution in [0.2, 0.25) is 0 Å². The molecule has 0 heterocycles. The maximum atomic E-state index is 12.8. The average molecular weight is 306 g/mol. The van der Waals surface area contributed by atoms with Crippen LogP contribution < -0.4 is 10.1 Å². The molecule has 0 radical (unpaired) electrons. The van der Waals surface area contributed by atoms with Crippen molar-refractivity contribution < 1.29 is 19.0 Å². The zero-order valence-electron chi connectivity index (χ0n) is 9.24. The van der Waals surface area contributed by atoms with E-state index in [-0.39, 0.29) is 31.0 Å². The molecular weight excluding hydrogens is 293 g/mol. The monoisotopic (exact) mass is 305 g/mol. The summed E-state index contributed by atoms with van der Waals surface area (Å²) in [6.07, 6.45) is 0. The smallest absolute Gasteiger partial charge is 0.258 e. The van der Waals surface area contributed by atoms with E-state index < -0.39 is 0 Å². The molecule has 1 atom stereocenters. The number of aliphatic hydroxyl groups excluding tert-OH is 1. The molecule has 0 aromatic heterocycles. The Kier molecular flexibility index (Phi) is 5.37. The van der Waals surface area contributed by atoms with Crippen molar-refractivity contribution in [1.82, 2.24) is 5.32 Å². The standard InChI is InChI=1S/C11H13BrFNO3/c1-7(5-15)14-11(16)6-17-10-3-2-8(13)4-9(10)12/h2-4,7,15H,5-6H2,1H3,(H,14,16). The molecule has 0 spiro atoms. The molecule has 1 unspecified atom stereocenters. The Morgan fingerprint density at radius 1 is 1.65 bits per heavy atom. The highest BCUT2D eigenvalue weighted by Crippen LogP contribution is 2.25. The highest BCUT2D eigenvalue weighted by molar-refractivity contribution is 9.10. The summed E-state index contributed by atoms with van der Waals surface area (Å²) in [4.78, 5) is 11.3. The van der Waals surface area contributed by atoms with Gasteiger partial charge in [-0.15, -0.1) is 0 Å². The maximum absolute atomic E-state index is 12.8. The van der Waals surface area contributed by atoms with Crippen molar-refractivity contribution in [3.8, 4) is 5.75 Å². The van der Waals surface area contributed by atoms with Crippen LogP contribution in [0.25, 0.3) is 0 Å². The van der Waals surface area contributed by atoms with Crippen molar-refractivity contribution in [1.29, 1.82) is 0 Å². The number of nitrogens with one attached hydrogen (secondary N) is 1. The van der Waals surface area contributed by atoms with Crippen molar-refractivity contribution >= 4 is 21.8 Å². The Hall–Kier alpha value is -1.14. The minimum absolute atomic E-state index is 0.133. The summed E-state index contributed by atoms with van der Waals surface area (Å²) >= 11 is 3.13. The minimum Gasteiger partial charge on any atom is -0.483 e. The van der Waals surface area contributed by atoms with Crippen LogP contribution in [0.5, 0.6) is 5.75 Å². The summed E-state index contributed by atoms with van der Waals surface area (Å²) in [5.74, 6) is -0.344. The number of benzene rings is 1. The van der Waals surface area contributed by atoms with Gasteiger partial charge in [0.15, 0.2) is 6.61 Å². The molecule has 2 N–H and O–H groups in total. The van der Waals surface area contributed by atoms with Crippen LogP contribution in [0.4, 0.5) is 4.39 Å². The lowest BCUT2D eigenvalue weighted by Crippen LogP contribution is -2.38. The van der Waals surface area contributed by atoms with Crippen LogP contribution in [0.1, 0.15) is 6.92 Å². The van der Waals surface area contributed by atoms with E-state index in [1.165, 1.54) is 18.2 Å². The van der Waals surface area contributed by atoms with E-state index in [1.807, 2.05) is 0 Å². The van der Waals surface area contributed by atoms with E-state index >= 15 is 0 Å². The molecule has 1 aromatic rings. The van der Waals surface area contributed by atoms with Crippen LogP contribution in [0.15, 0.2) is 22.7 Å².